The van der Waals surface area contributed by atoms with Gasteiger partial charge in [-0.05, 0) is 99.8 Å². The number of ether oxygens (including phenoxy) is 3. The maximum absolute atomic E-state index is 14.8. The molecule has 6 rings (SSSR count). The van der Waals surface area contributed by atoms with E-state index in [-0.39, 0.29) is 36.6 Å². The number of halogens is 3. The molecule has 2 aliphatic carbocycles. The quantitative estimate of drug-likeness (QED) is 0.270. The van der Waals surface area contributed by atoms with E-state index >= 15 is 0 Å². The second-order valence-corrected chi connectivity index (χ2v) is 16.1. The number of pyridine rings is 1. The molecule has 1 saturated heterocycles. The van der Waals surface area contributed by atoms with Gasteiger partial charge in [0.15, 0.2) is 0 Å². The molecule has 0 radical (unpaired) electrons. The van der Waals surface area contributed by atoms with Crippen LogP contribution in [0.15, 0.2) is 42.6 Å². The van der Waals surface area contributed by atoms with Crippen molar-refractivity contribution in [2.75, 3.05) is 20.2 Å². The first-order valence-corrected chi connectivity index (χ1v) is 19.3. The minimum atomic E-state index is -4.87. The molecule has 4 amide bonds. The smallest absolute Gasteiger partial charge is 0.427 e. The Bertz CT molecular complexity index is 1800. The van der Waals surface area contributed by atoms with E-state index in [1.807, 2.05) is 32.1 Å². The van der Waals surface area contributed by atoms with Crippen molar-refractivity contribution in [3.63, 3.8) is 0 Å². The fraction of sp³-hybridized carbons (Fsp3) is 0.625. The molecule has 15 heteroatoms. The van der Waals surface area contributed by atoms with Gasteiger partial charge in [-0.25, -0.2) is 9.78 Å². The average Bonchev–Trinajstić information content (AvgIpc) is 4.05. The van der Waals surface area contributed by atoms with Crippen molar-refractivity contribution in [1.29, 1.82) is 0 Å². The largest absolute Gasteiger partial charge is 0.497 e. The zero-order valence-electron chi connectivity index (χ0n) is 32.0. The molecule has 0 spiro atoms. The molecule has 2 aromatic rings. The highest BCUT2D eigenvalue weighted by Gasteiger charge is 2.61. The maximum Gasteiger partial charge on any atom is 0.427 e. The molecular formula is C40H52F3N5O7. The number of alkyl carbamates (subject to hydrolysis) is 1. The topological polar surface area (TPSA) is 148 Å². The fourth-order valence-corrected chi connectivity index (χ4v) is 7.70. The lowest BCUT2D eigenvalue weighted by Gasteiger charge is -2.35. The predicted molar refractivity (Wildman–Crippen MR) is 197 cm³/mol. The highest BCUT2D eigenvalue weighted by Crippen LogP contribution is 2.46. The highest BCUT2D eigenvalue weighted by molar-refractivity contribution is 5.98. The summed E-state index contributed by atoms with van der Waals surface area (Å²) in [6.07, 6.45) is 3.33. The summed E-state index contributed by atoms with van der Waals surface area (Å²) >= 11 is 0. The van der Waals surface area contributed by atoms with Crippen LogP contribution in [0.5, 0.6) is 11.6 Å². The summed E-state index contributed by atoms with van der Waals surface area (Å²) in [6.45, 7) is 5.76. The number of fused-ring (bicyclic) bond motifs is 3. The SMILES string of the molecule is CC[C@@H]1C[C@H](C)CC/C=C\[C@@H]2C[C@@]2(C(=O)NCC2CC2)NC(=O)[C@@H]2C[C@@H](Oc3nccc4cc(OC)ccc34)CN2C(=O)[C@H]1NC(=O)OC(C)(C)C(F)(F)F. The van der Waals surface area contributed by atoms with Crippen LogP contribution in [0.4, 0.5) is 18.0 Å². The number of carbonyl (C=O) groups is 4. The van der Waals surface area contributed by atoms with Crippen LogP contribution in [-0.2, 0) is 19.1 Å². The van der Waals surface area contributed by atoms with E-state index in [1.54, 1.807) is 31.5 Å². The second kappa shape index (κ2) is 15.9. The van der Waals surface area contributed by atoms with Crippen LogP contribution < -0.4 is 25.4 Å². The molecule has 0 unspecified atom stereocenters. The van der Waals surface area contributed by atoms with E-state index in [2.05, 4.69) is 20.9 Å². The van der Waals surface area contributed by atoms with Gasteiger partial charge in [0.05, 0.1) is 13.7 Å². The molecule has 1 aromatic carbocycles. The molecule has 2 aliphatic heterocycles. The van der Waals surface area contributed by atoms with E-state index in [4.69, 9.17) is 14.2 Å². The van der Waals surface area contributed by atoms with Crippen LogP contribution in [0.25, 0.3) is 10.8 Å². The zero-order chi connectivity index (χ0) is 39.7. The number of amides is 4. The van der Waals surface area contributed by atoms with Gasteiger partial charge in [0.2, 0.25) is 29.2 Å². The Morgan fingerprint density at radius 2 is 1.87 bits per heavy atom. The Labute approximate surface area is 319 Å². The molecule has 4 aliphatic rings. The Morgan fingerprint density at radius 3 is 2.56 bits per heavy atom. The maximum atomic E-state index is 14.8. The molecule has 0 bridgehead atoms. The first kappa shape index (κ1) is 40.1. The lowest BCUT2D eigenvalue weighted by molar-refractivity contribution is -0.244. The van der Waals surface area contributed by atoms with E-state index in [9.17, 15) is 32.3 Å². The van der Waals surface area contributed by atoms with Crippen molar-refractivity contribution >= 4 is 34.6 Å². The Kier molecular flexibility index (Phi) is 11.6. The van der Waals surface area contributed by atoms with Crippen molar-refractivity contribution in [1.82, 2.24) is 25.8 Å². The van der Waals surface area contributed by atoms with Gasteiger partial charge in [-0.1, -0.05) is 32.4 Å². The summed E-state index contributed by atoms with van der Waals surface area (Å²) in [5.41, 5.74) is -4.03. The molecule has 1 aromatic heterocycles. The molecule has 2 saturated carbocycles. The van der Waals surface area contributed by atoms with Gasteiger partial charge < -0.3 is 35.1 Å². The van der Waals surface area contributed by atoms with Gasteiger partial charge in [0.1, 0.15) is 29.5 Å². The number of alkyl halides is 3. The molecule has 300 valence electrons. The highest BCUT2D eigenvalue weighted by atomic mass is 19.4. The predicted octanol–water partition coefficient (Wildman–Crippen LogP) is 5.83. The van der Waals surface area contributed by atoms with Crippen LogP contribution in [0.3, 0.4) is 0 Å². The number of allylic oxidation sites excluding steroid dienone is 1. The number of rotatable bonds is 9. The van der Waals surface area contributed by atoms with Crippen molar-refractivity contribution < 1.29 is 46.6 Å². The Hall–Kier alpha value is -4.56. The number of nitrogens with one attached hydrogen (secondary N) is 3. The van der Waals surface area contributed by atoms with Gasteiger partial charge in [-0.15, -0.1) is 0 Å². The monoisotopic (exact) mass is 771 g/mol. The third kappa shape index (κ3) is 8.96. The van der Waals surface area contributed by atoms with Crippen molar-refractivity contribution in [3.8, 4) is 11.6 Å². The van der Waals surface area contributed by atoms with Gasteiger partial charge in [0, 0.05) is 30.5 Å². The van der Waals surface area contributed by atoms with Crippen molar-refractivity contribution in [2.24, 2.45) is 23.7 Å². The molecule has 7 atom stereocenters. The van der Waals surface area contributed by atoms with Crippen molar-refractivity contribution in [3.05, 3.63) is 42.6 Å². The van der Waals surface area contributed by atoms with Crippen LogP contribution in [0, 0.1) is 23.7 Å². The van der Waals surface area contributed by atoms with Crippen LogP contribution >= 0.6 is 0 Å². The van der Waals surface area contributed by atoms with E-state index < -0.39 is 59.3 Å². The zero-order valence-corrected chi connectivity index (χ0v) is 32.0. The van der Waals surface area contributed by atoms with E-state index in [1.165, 1.54) is 4.90 Å². The lowest BCUT2D eigenvalue weighted by atomic mass is 9.85. The molecule has 3 heterocycles. The van der Waals surface area contributed by atoms with E-state index in [0.29, 0.717) is 49.3 Å². The first-order chi connectivity index (χ1) is 26.0. The summed E-state index contributed by atoms with van der Waals surface area (Å²) in [7, 11) is 1.56. The molecular weight excluding hydrogens is 719 g/mol. The molecule has 55 heavy (non-hydrogen) atoms. The minimum absolute atomic E-state index is 0.0253. The van der Waals surface area contributed by atoms with E-state index in [0.717, 1.165) is 38.5 Å². The second-order valence-electron chi connectivity index (χ2n) is 16.1. The van der Waals surface area contributed by atoms with Crippen LogP contribution in [-0.4, -0.2) is 89.4 Å². The van der Waals surface area contributed by atoms with Gasteiger partial charge >= 0.3 is 12.3 Å². The number of methoxy groups -OCH3 is 1. The summed E-state index contributed by atoms with van der Waals surface area (Å²) in [5, 5.41) is 10.0. The number of benzene rings is 1. The summed E-state index contributed by atoms with van der Waals surface area (Å²) < 4.78 is 57.9. The van der Waals surface area contributed by atoms with Crippen molar-refractivity contribution in [2.45, 2.75) is 115 Å². The van der Waals surface area contributed by atoms with Gasteiger partial charge in [0.25, 0.3) is 0 Å². The molecule has 3 N–H and O–H groups in total. The molecule has 12 nitrogen and oxygen atoms in total. The standard InChI is InChI=1S/C40H52F3N5O7/c1-6-25-17-23(2)9-7-8-10-27-20-39(27,36(51)45-21-24-11-12-24)47-33(49)31-19-29(54-34-30-14-13-28(53-5)18-26(30)15-16-44-34)22-48(31)35(50)32(25)46-37(52)55-38(3,4)40(41,42)43/h8,10,13-16,18,23-25,27,29,31-32H,6-7,9,11-12,17,19-22H2,1-5H3,(H,45,51)(H,46,52)(H,47,49)/b10-8-/t23-,25-,27-,29-,31+,32+,39-/m1/s1. The first-order valence-electron chi connectivity index (χ1n) is 19.3. The number of hydrogen-bond donors (Lipinski definition) is 3. The fourth-order valence-electron chi connectivity index (χ4n) is 7.70. The number of aromatic nitrogens is 1. The third-order valence-corrected chi connectivity index (χ3v) is 11.5. The van der Waals surface area contributed by atoms with Crippen LogP contribution in [0.2, 0.25) is 0 Å². The Balaban J connectivity index is 1.34. The number of hydrogen-bond acceptors (Lipinski definition) is 8. The number of nitrogens with zero attached hydrogens (tertiary/aromatic N) is 2. The van der Waals surface area contributed by atoms with Gasteiger partial charge in [-0.2, -0.15) is 13.2 Å². The van der Waals surface area contributed by atoms with Crippen LogP contribution in [0.1, 0.15) is 79.1 Å². The van der Waals surface area contributed by atoms with Gasteiger partial charge in [-0.3, -0.25) is 14.4 Å². The summed E-state index contributed by atoms with van der Waals surface area (Å²) in [5.74, 6) is -0.861. The number of carbonyl (C=O) groups excluding carboxylic acids is 4. The average molecular weight is 772 g/mol. The molecule has 3 fully saturated rings. The lowest BCUT2D eigenvalue weighted by Crippen LogP contribution is -2.59. The Morgan fingerprint density at radius 1 is 1.11 bits per heavy atom. The summed E-state index contributed by atoms with van der Waals surface area (Å²) in [6, 6.07) is 4.73. The minimum Gasteiger partial charge on any atom is -0.497 e. The third-order valence-electron chi connectivity index (χ3n) is 11.5. The normalized spacial score (nSPS) is 29.5. The summed E-state index contributed by atoms with van der Waals surface area (Å²) in [4.78, 5) is 62.0.